The van der Waals surface area contributed by atoms with Gasteiger partial charge in [0.05, 0.1) is 17.4 Å². The monoisotopic (exact) mass is 235 g/mol. The molecule has 0 saturated carbocycles. The molecular weight excluding hydrogens is 226 g/mol. The van der Waals surface area contributed by atoms with Crippen molar-refractivity contribution in [3.63, 3.8) is 0 Å². The number of carbonyl (C=O) groups excluding carboxylic acids is 1. The van der Waals surface area contributed by atoms with Crippen LogP contribution >= 0.6 is 11.5 Å². The number of rotatable bonds is 2. The molecule has 0 saturated heterocycles. The van der Waals surface area contributed by atoms with Gasteiger partial charge in [-0.05, 0) is 13.0 Å². The van der Waals surface area contributed by atoms with Crippen LogP contribution in [-0.2, 0) is 0 Å². The second kappa shape index (κ2) is 4.23. The number of hydrogen-bond donors (Lipinski definition) is 2. The van der Waals surface area contributed by atoms with Crippen molar-refractivity contribution in [3.05, 3.63) is 29.8 Å². The minimum atomic E-state index is -0.309. The van der Waals surface area contributed by atoms with Crippen LogP contribution < -0.4 is 11.1 Å². The summed E-state index contributed by atoms with van der Waals surface area (Å²) in [7, 11) is 0. The third-order valence-corrected chi connectivity index (χ3v) is 2.57. The fourth-order valence-electron chi connectivity index (χ4n) is 1.13. The van der Waals surface area contributed by atoms with E-state index in [2.05, 4.69) is 19.7 Å². The predicted octanol–water partition coefficient (Wildman–Crippen LogP) is 1.08. The summed E-state index contributed by atoms with van der Waals surface area (Å²) < 4.78 is 3.96. The number of pyridine rings is 1. The Morgan fingerprint density at radius 2 is 2.38 bits per heavy atom. The fraction of sp³-hybridized carbons (Fsp3) is 0.111. The minimum Gasteiger partial charge on any atom is -0.397 e. The van der Waals surface area contributed by atoms with E-state index in [9.17, 15) is 4.79 Å². The Hall–Kier alpha value is -2.02. The molecule has 6 nitrogen and oxygen atoms in total. The number of nitrogens with one attached hydrogen (secondary N) is 1. The van der Waals surface area contributed by atoms with Crippen LogP contribution in [0, 0.1) is 6.92 Å². The van der Waals surface area contributed by atoms with Crippen molar-refractivity contribution in [1.29, 1.82) is 0 Å². The maximum absolute atomic E-state index is 11.8. The van der Waals surface area contributed by atoms with Crippen molar-refractivity contribution < 1.29 is 4.79 Å². The molecule has 0 radical (unpaired) electrons. The first-order chi connectivity index (χ1) is 7.66. The zero-order valence-electron chi connectivity index (χ0n) is 8.47. The maximum atomic E-state index is 11.8. The highest BCUT2D eigenvalue weighted by Gasteiger charge is 2.11. The van der Waals surface area contributed by atoms with Gasteiger partial charge in [0.15, 0.2) is 0 Å². The number of amides is 1. The van der Waals surface area contributed by atoms with Gasteiger partial charge < -0.3 is 5.73 Å². The molecule has 1 amide bonds. The number of nitrogens with zero attached hydrogens (tertiary/aromatic N) is 3. The van der Waals surface area contributed by atoms with E-state index in [4.69, 9.17) is 5.73 Å². The number of hydrogen-bond acceptors (Lipinski definition) is 6. The highest BCUT2D eigenvalue weighted by atomic mass is 32.1. The summed E-state index contributed by atoms with van der Waals surface area (Å²) in [5.41, 5.74) is 6.34. The number of nitrogen functional groups attached to an aromatic ring is 1. The molecular formula is C9H9N5OS. The summed E-state index contributed by atoms with van der Waals surface area (Å²) in [6.07, 6.45) is 2.94. The van der Waals surface area contributed by atoms with Crippen LogP contribution in [0.1, 0.15) is 16.2 Å². The number of aromatic nitrogens is 3. The Morgan fingerprint density at radius 3 is 3.00 bits per heavy atom. The second-order valence-corrected chi connectivity index (χ2v) is 3.82. The van der Waals surface area contributed by atoms with E-state index < -0.39 is 0 Å². The van der Waals surface area contributed by atoms with Crippen LogP contribution in [-0.4, -0.2) is 20.2 Å². The molecule has 16 heavy (non-hydrogen) atoms. The van der Waals surface area contributed by atoms with Crippen LogP contribution in [0.25, 0.3) is 0 Å². The molecule has 0 aromatic carbocycles. The van der Waals surface area contributed by atoms with Gasteiger partial charge >= 0.3 is 0 Å². The van der Waals surface area contributed by atoms with Crippen LogP contribution in [0.2, 0.25) is 0 Å². The molecule has 0 atom stereocenters. The maximum Gasteiger partial charge on any atom is 0.259 e. The Labute approximate surface area is 95.7 Å². The van der Waals surface area contributed by atoms with Crippen molar-refractivity contribution in [2.45, 2.75) is 6.92 Å². The smallest absolute Gasteiger partial charge is 0.259 e. The minimum absolute atomic E-state index is 0.309. The molecule has 0 aliphatic carbocycles. The largest absolute Gasteiger partial charge is 0.397 e. The summed E-state index contributed by atoms with van der Waals surface area (Å²) in [4.78, 5) is 19.6. The van der Waals surface area contributed by atoms with Crippen molar-refractivity contribution >= 4 is 28.3 Å². The quantitative estimate of drug-likeness (QED) is 0.812. The molecule has 2 rings (SSSR count). The molecule has 82 valence electrons. The lowest BCUT2D eigenvalue weighted by molar-refractivity contribution is 0.102. The highest BCUT2D eigenvalue weighted by Crippen LogP contribution is 2.14. The number of nitrogens with two attached hydrogens (primary N) is 1. The molecule has 0 bridgehead atoms. The molecule has 0 spiro atoms. The Bertz CT molecular complexity index is 524. The van der Waals surface area contributed by atoms with Gasteiger partial charge in [-0.2, -0.15) is 4.37 Å². The van der Waals surface area contributed by atoms with Crippen molar-refractivity contribution in [1.82, 2.24) is 14.3 Å². The Kier molecular flexibility index (Phi) is 2.78. The van der Waals surface area contributed by atoms with Crippen LogP contribution in [0.5, 0.6) is 0 Å². The van der Waals surface area contributed by atoms with Gasteiger partial charge in [0.25, 0.3) is 5.91 Å². The van der Waals surface area contributed by atoms with E-state index in [1.54, 1.807) is 13.0 Å². The van der Waals surface area contributed by atoms with Gasteiger partial charge in [-0.1, -0.05) is 0 Å². The first-order valence-electron chi connectivity index (χ1n) is 4.48. The summed E-state index contributed by atoms with van der Waals surface area (Å²) >= 11 is 1.13. The summed E-state index contributed by atoms with van der Waals surface area (Å²) in [5, 5.41) is 3.08. The van der Waals surface area contributed by atoms with E-state index in [-0.39, 0.29) is 5.91 Å². The van der Waals surface area contributed by atoms with E-state index in [0.717, 1.165) is 11.5 Å². The van der Waals surface area contributed by atoms with Gasteiger partial charge in [-0.15, -0.1) is 0 Å². The SMILES string of the molecule is Cc1nsc(NC(=O)c2ccncc2N)n1. The van der Waals surface area contributed by atoms with Gasteiger partial charge in [0, 0.05) is 17.7 Å². The Balaban J connectivity index is 2.18. The molecule has 0 unspecified atom stereocenters. The number of carbonyl (C=O) groups is 1. The summed E-state index contributed by atoms with van der Waals surface area (Å²) in [5.74, 6) is 0.319. The van der Waals surface area contributed by atoms with Crippen molar-refractivity contribution in [3.8, 4) is 0 Å². The lowest BCUT2D eigenvalue weighted by Crippen LogP contribution is -2.14. The Morgan fingerprint density at radius 1 is 1.56 bits per heavy atom. The van der Waals surface area contributed by atoms with Gasteiger partial charge in [-0.3, -0.25) is 15.1 Å². The molecule has 0 fully saturated rings. The average molecular weight is 235 g/mol. The van der Waals surface area contributed by atoms with Crippen LogP contribution in [0.4, 0.5) is 10.8 Å². The molecule has 0 aliphatic rings. The normalized spacial score (nSPS) is 10.1. The topological polar surface area (TPSA) is 93.8 Å². The molecule has 3 N–H and O–H groups in total. The molecule has 2 aromatic heterocycles. The number of aryl methyl sites for hydroxylation is 1. The highest BCUT2D eigenvalue weighted by molar-refractivity contribution is 7.09. The lowest BCUT2D eigenvalue weighted by atomic mass is 10.2. The standard InChI is InChI=1S/C9H9N5OS/c1-5-12-9(16-14-5)13-8(15)6-2-3-11-4-7(6)10/h2-4H,10H2,1H3,(H,12,13,14,15). The second-order valence-electron chi connectivity index (χ2n) is 3.06. The third kappa shape index (κ3) is 2.14. The molecule has 2 heterocycles. The van der Waals surface area contributed by atoms with E-state index in [0.29, 0.717) is 22.2 Å². The third-order valence-electron chi connectivity index (χ3n) is 1.84. The van der Waals surface area contributed by atoms with Gasteiger partial charge in [0.1, 0.15) is 5.82 Å². The summed E-state index contributed by atoms with van der Waals surface area (Å²) in [6.45, 7) is 1.76. The first-order valence-corrected chi connectivity index (χ1v) is 5.25. The van der Waals surface area contributed by atoms with Gasteiger partial charge in [-0.25, -0.2) is 4.98 Å². The first kappa shape index (κ1) is 10.5. The molecule has 0 aliphatic heterocycles. The van der Waals surface area contributed by atoms with Crippen LogP contribution in [0.15, 0.2) is 18.5 Å². The lowest BCUT2D eigenvalue weighted by Gasteiger charge is -2.03. The fourth-order valence-corrected chi connectivity index (χ4v) is 1.70. The van der Waals surface area contributed by atoms with Crippen LogP contribution in [0.3, 0.4) is 0 Å². The molecule has 2 aromatic rings. The van der Waals surface area contributed by atoms with Crippen molar-refractivity contribution in [2.24, 2.45) is 0 Å². The predicted molar refractivity (Wildman–Crippen MR) is 61.2 cm³/mol. The van der Waals surface area contributed by atoms with E-state index in [1.165, 1.54) is 12.4 Å². The zero-order chi connectivity index (χ0) is 11.5. The average Bonchev–Trinajstić information content (AvgIpc) is 2.64. The van der Waals surface area contributed by atoms with E-state index in [1.807, 2.05) is 0 Å². The van der Waals surface area contributed by atoms with Crippen molar-refractivity contribution in [2.75, 3.05) is 11.1 Å². The molecule has 7 heteroatoms. The zero-order valence-corrected chi connectivity index (χ0v) is 9.28. The summed E-state index contributed by atoms with van der Waals surface area (Å²) in [6, 6.07) is 1.55. The van der Waals surface area contributed by atoms with Gasteiger partial charge in [0.2, 0.25) is 5.13 Å². The number of anilines is 2. The van der Waals surface area contributed by atoms with E-state index >= 15 is 0 Å².